The Hall–Kier alpha value is -1.53. The summed E-state index contributed by atoms with van der Waals surface area (Å²) in [4.78, 5) is 7.71. The monoisotopic (exact) mass is 290 g/mol. The van der Waals surface area contributed by atoms with Crippen molar-refractivity contribution in [2.24, 2.45) is 5.16 Å². The third kappa shape index (κ3) is 2.96. The number of oxime groups is 1. The summed E-state index contributed by atoms with van der Waals surface area (Å²) in [6.45, 7) is 3.89. The minimum absolute atomic E-state index is 0.194. The number of hydrogen-bond acceptors (Lipinski definition) is 6. The molecule has 0 saturated carbocycles. The number of benzene rings is 1. The van der Waals surface area contributed by atoms with Crippen LogP contribution < -0.4 is 0 Å². The Morgan fingerprint density at radius 2 is 2.20 bits per heavy atom. The quantitative estimate of drug-likeness (QED) is 0.849. The maximum atomic E-state index is 5.45. The molecule has 6 heteroatoms. The number of nitrogens with zero attached hydrogens (tertiary/aromatic N) is 4. The van der Waals surface area contributed by atoms with Gasteiger partial charge in [0.15, 0.2) is 0 Å². The minimum atomic E-state index is 0.194. The molecule has 0 amide bonds. The number of fused-ring (bicyclic) bond motifs is 1. The van der Waals surface area contributed by atoms with Gasteiger partial charge in [0, 0.05) is 19.5 Å². The van der Waals surface area contributed by atoms with Gasteiger partial charge in [0.1, 0.15) is 17.1 Å². The summed E-state index contributed by atoms with van der Waals surface area (Å²) in [6, 6.07) is 6.26. The number of likely N-dealkylation sites (N-methyl/N-ethyl adjacent to an activating group) is 1. The first-order valence-electron chi connectivity index (χ1n) is 6.86. The van der Waals surface area contributed by atoms with Gasteiger partial charge in [-0.05, 0) is 31.2 Å². The molecule has 3 rings (SSSR count). The van der Waals surface area contributed by atoms with Gasteiger partial charge in [-0.2, -0.15) is 8.75 Å². The molecule has 1 aromatic heterocycles. The normalized spacial score (nSPS) is 18.6. The van der Waals surface area contributed by atoms with E-state index in [0.29, 0.717) is 0 Å². The fourth-order valence-electron chi connectivity index (χ4n) is 2.44. The second-order valence-corrected chi connectivity index (χ2v) is 5.76. The molecule has 1 unspecified atom stereocenters. The van der Waals surface area contributed by atoms with Crippen molar-refractivity contribution < 1.29 is 4.84 Å². The Labute approximate surface area is 122 Å². The molecule has 0 spiro atoms. The molecule has 1 aromatic carbocycles. The van der Waals surface area contributed by atoms with Crippen LogP contribution in [0.3, 0.4) is 0 Å². The molecular formula is C14H18N4OS. The molecule has 0 N–H and O–H groups in total. The fourth-order valence-corrected chi connectivity index (χ4v) is 2.96. The molecule has 1 atom stereocenters. The van der Waals surface area contributed by atoms with Crippen LogP contribution in [0, 0.1) is 0 Å². The van der Waals surface area contributed by atoms with Crippen LogP contribution in [-0.4, -0.2) is 39.1 Å². The van der Waals surface area contributed by atoms with Gasteiger partial charge in [-0.15, -0.1) is 0 Å². The van der Waals surface area contributed by atoms with Gasteiger partial charge in [0.05, 0.1) is 17.4 Å². The van der Waals surface area contributed by atoms with Crippen molar-refractivity contribution in [2.45, 2.75) is 32.4 Å². The van der Waals surface area contributed by atoms with Gasteiger partial charge in [-0.25, -0.2) is 0 Å². The average molecular weight is 290 g/mol. The lowest BCUT2D eigenvalue weighted by Crippen LogP contribution is -2.29. The summed E-state index contributed by atoms with van der Waals surface area (Å²) in [5, 5.41) is 4.10. The topological polar surface area (TPSA) is 50.6 Å². The van der Waals surface area contributed by atoms with E-state index < -0.39 is 0 Å². The van der Waals surface area contributed by atoms with E-state index in [1.165, 1.54) is 23.0 Å². The maximum Gasteiger partial charge on any atom is 0.145 e. The van der Waals surface area contributed by atoms with E-state index in [2.05, 4.69) is 44.9 Å². The minimum Gasteiger partial charge on any atom is -0.391 e. The Kier molecular flexibility index (Phi) is 3.93. The molecule has 0 saturated heterocycles. The van der Waals surface area contributed by atoms with E-state index in [1.807, 2.05) is 6.07 Å². The largest absolute Gasteiger partial charge is 0.391 e. The van der Waals surface area contributed by atoms with E-state index in [-0.39, 0.29) is 6.10 Å². The van der Waals surface area contributed by atoms with Gasteiger partial charge in [0.25, 0.3) is 0 Å². The summed E-state index contributed by atoms with van der Waals surface area (Å²) >= 11 is 1.26. The lowest BCUT2D eigenvalue weighted by molar-refractivity contribution is 0.0576. The first kappa shape index (κ1) is 13.5. The van der Waals surface area contributed by atoms with Crippen LogP contribution in [0.4, 0.5) is 0 Å². The zero-order valence-corrected chi connectivity index (χ0v) is 12.6. The molecule has 0 radical (unpaired) electrons. The van der Waals surface area contributed by atoms with Gasteiger partial charge < -0.3 is 4.84 Å². The average Bonchev–Trinajstić information content (AvgIpc) is 3.06. The Morgan fingerprint density at radius 1 is 1.35 bits per heavy atom. The van der Waals surface area contributed by atoms with Crippen molar-refractivity contribution in [3.8, 4) is 0 Å². The molecular weight excluding hydrogens is 272 g/mol. The van der Waals surface area contributed by atoms with Gasteiger partial charge >= 0.3 is 0 Å². The lowest BCUT2D eigenvalue weighted by atomic mass is 10.1. The lowest BCUT2D eigenvalue weighted by Gasteiger charge is -2.19. The van der Waals surface area contributed by atoms with Crippen molar-refractivity contribution >= 4 is 28.5 Å². The smallest absolute Gasteiger partial charge is 0.145 e. The van der Waals surface area contributed by atoms with Crippen LogP contribution in [-0.2, 0) is 11.4 Å². The Morgan fingerprint density at radius 3 is 3.00 bits per heavy atom. The number of rotatable bonds is 5. The SMILES string of the molecule is CCC1=NOC(CN(C)Cc2ccc3nsnc3c2)C1. The summed E-state index contributed by atoms with van der Waals surface area (Å²) < 4.78 is 8.50. The zero-order chi connectivity index (χ0) is 13.9. The van der Waals surface area contributed by atoms with E-state index in [4.69, 9.17) is 4.84 Å². The molecule has 106 valence electrons. The third-order valence-electron chi connectivity index (χ3n) is 3.49. The predicted molar refractivity (Wildman–Crippen MR) is 81.0 cm³/mol. The Balaban J connectivity index is 1.57. The van der Waals surface area contributed by atoms with Crippen molar-refractivity contribution in [1.29, 1.82) is 0 Å². The van der Waals surface area contributed by atoms with Gasteiger partial charge in [-0.3, -0.25) is 4.90 Å². The first-order valence-corrected chi connectivity index (χ1v) is 7.59. The molecule has 20 heavy (non-hydrogen) atoms. The van der Waals surface area contributed by atoms with Crippen LogP contribution >= 0.6 is 11.7 Å². The van der Waals surface area contributed by atoms with Crippen LogP contribution in [0.1, 0.15) is 25.3 Å². The van der Waals surface area contributed by atoms with Gasteiger partial charge in [0.2, 0.25) is 0 Å². The summed E-state index contributed by atoms with van der Waals surface area (Å²) in [5.74, 6) is 0. The molecule has 1 aliphatic rings. The van der Waals surface area contributed by atoms with Crippen LogP contribution in [0.15, 0.2) is 23.4 Å². The van der Waals surface area contributed by atoms with Gasteiger partial charge in [-0.1, -0.05) is 18.1 Å². The van der Waals surface area contributed by atoms with E-state index in [9.17, 15) is 0 Å². The molecule has 0 aliphatic carbocycles. The molecule has 2 heterocycles. The predicted octanol–water partition coefficient (Wildman–Crippen LogP) is 2.68. The van der Waals surface area contributed by atoms with Crippen LogP contribution in [0.2, 0.25) is 0 Å². The second kappa shape index (κ2) is 5.85. The van der Waals surface area contributed by atoms with Crippen LogP contribution in [0.5, 0.6) is 0 Å². The van der Waals surface area contributed by atoms with E-state index in [1.54, 1.807) is 0 Å². The molecule has 5 nitrogen and oxygen atoms in total. The second-order valence-electron chi connectivity index (χ2n) is 5.23. The molecule has 1 aliphatic heterocycles. The molecule has 0 bridgehead atoms. The fraction of sp³-hybridized carbons (Fsp3) is 0.500. The van der Waals surface area contributed by atoms with E-state index >= 15 is 0 Å². The van der Waals surface area contributed by atoms with Crippen molar-refractivity contribution in [2.75, 3.05) is 13.6 Å². The highest BCUT2D eigenvalue weighted by atomic mass is 32.1. The number of aromatic nitrogens is 2. The van der Waals surface area contributed by atoms with Crippen molar-refractivity contribution in [3.05, 3.63) is 23.8 Å². The zero-order valence-electron chi connectivity index (χ0n) is 11.7. The van der Waals surface area contributed by atoms with Crippen molar-refractivity contribution in [3.63, 3.8) is 0 Å². The highest BCUT2D eigenvalue weighted by Crippen LogP contribution is 2.17. The highest BCUT2D eigenvalue weighted by molar-refractivity contribution is 7.00. The third-order valence-corrected chi connectivity index (χ3v) is 4.04. The summed E-state index contributed by atoms with van der Waals surface area (Å²) in [6.07, 6.45) is 2.13. The summed E-state index contributed by atoms with van der Waals surface area (Å²) in [7, 11) is 2.11. The summed E-state index contributed by atoms with van der Waals surface area (Å²) in [5.41, 5.74) is 4.37. The van der Waals surface area contributed by atoms with E-state index in [0.717, 1.165) is 37.0 Å². The number of hydrogen-bond donors (Lipinski definition) is 0. The Bertz CT molecular complexity index is 624. The molecule has 0 fully saturated rings. The standard InChI is InChI=1S/C14H18N4OS/c1-3-11-7-12(19-15-11)9-18(2)8-10-4-5-13-14(6-10)17-20-16-13/h4-6,12H,3,7-9H2,1-2H3. The maximum absolute atomic E-state index is 5.45. The molecule has 2 aromatic rings. The highest BCUT2D eigenvalue weighted by Gasteiger charge is 2.21. The van der Waals surface area contributed by atoms with Crippen LogP contribution in [0.25, 0.3) is 11.0 Å². The first-order chi connectivity index (χ1) is 9.74. The van der Waals surface area contributed by atoms with Crippen molar-refractivity contribution in [1.82, 2.24) is 13.6 Å².